The number of piperazine rings is 1. The Morgan fingerprint density at radius 3 is 2.45 bits per heavy atom. The van der Waals surface area contributed by atoms with Crippen molar-refractivity contribution >= 4 is 0 Å². The molecule has 0 radical (unpaired) electrons. The fourth-order valence-electron chi connectivity index (χ4n) is 3.70. The van der Waals surface area contributed by atoms with Gasteiger partial charge >= 0.3 is 0 Å². The molecule has 1 aliphatic heterocycles. The summed E-state index contributed by atoms with van der Waals surface area (Å²) in [5.41, 5.74) is 0.970. The van der Waals surface area contributed by atoms with E-state index in [1.165, 1.54) is 44.2 Å². The van der Waals surface area contributed by atoms with Crippen LogP contribution in [0.3, 0.4) is 0 Å². The normalized spacial score (nSPS) is 23.1. The van der Waals surface area contributed by atoms with Gasteiger partial charge in [-0.15, -0.1) is 0 Å². The summed E-state index contributed by atoms with van der Waals surface area (Å²) in [6.45, 7) is 3.54. The standard InChI is InChI=1S/C16H22F2N2/c17-14-8-13(9-15(18)10-14)11-20-7-6-19-16(12-20)4-2-1-3-5-16/h8-10,19H,1-7,11-12H2. The molecule has 4 heteroatoms. The van der Waals surface area contributed by atoms with Crippen molar-refractivity contribution in [2.75, 3.05) is 19.6 Å². The maximum absolute atomic E-state index is 13.3. The Hall–Kier alpha value is -1.00. The molecule has 20 heavy (non-hydrogen) atoms. The lowest BCUT2D eigenvalue weighted by Gasteiger charge is -2.46. The van der Waals surface area contributed by atoms with Gasteiger partial charge in [-0.1, -0.05) is 19.3 Å². The molecule has 0 atom stereocenters. The minimum Gasteiger partial charge on any atom is -0.309 e. The lowest BCUT2D eigenvalue weighted by Crippen LogP contribution is -2.60. The first kappa shape index (κ1) is 14.0. The minimum atomic E-state index is -0.484. The molecule has 0 aromatic heterocycles. The molecule has 0 amide bonds. The van der Waals surface area contributed by atoms with Crippen LogP contribution in [0.5, 0.6) is 0 Å². The van der Waals surface area contributed by atoms with Gasteiger partial charge in [0.2, 0.25) is 0 Å². The third-order valence-electron chi connectivity index (χ3n) is 4.59. The zero-order valence-corrected chi connectivity index (χ0v) is 11.8. The summed E-state index contributed by atoms with van der Waals surface area (Å²) < 4.78 is 26.5. The number of hydrogen-bond donors (Lipinski definition) is 1. The summed E-state index contributed by atoms with van der Waals surface area (Å²) in [5, 5.41) is 3.68. The summed E-state index contributed by atoms with van der Waals surface area (Å²) in [7, 11) is 0. The second kappa shape index (κ2) is 5.78. The molecule has 1 aromatic rings. The van der Waals surface area contributed by atoms with E-state index in [4.69, 9.17) is 0 Å². The molecule has 1 aromatic carbocycles. The van der Waals surface area contributed by atoms with Gasteiger partial charge in [-0.2, -0.15) is 0 Å². The molecule has 3 rings (SSSR count). The van der Waals surface area contributed by atoms with Crippen LogP contribution in [-0.4, -0.2) is 30.1 Å². The van der Waals surface area contributed by atoms with Gasteiger partial charge in [0.1, 0.15) is 11.6 Å². The van der Waals surface area contributed by atoms with Gasteiger partial charge in [0.15, 0.2) is 0 Å². The van der Waals surface area contributed by atoms with Gasteiger partial charge in [-0.25, -0.2) is 8.78 Å². The van der Waals surface area contributed by atoms with Crippen LogP contribution in [0.2, 0.25) is 0 Å². The molecule has 1 spiro atoms. The van der Waals surface area contributed by atoms with E-state index in [0.717, 1.165) is 31.3 Å². The van der Waals surface area contributed by atoms with Crippen molar-refractivity contribution in [2.45, 2.75) is 44.2 Å². The highest BCUT2D eigenvalue weighted by Gasteiger charge is 2.35. The van der Waals surface area contributed by atoms with Crippen molar-refractivity contribution in [1.82, 2.24) is 10.2 Å². The SMILES string of the molecule is Fc1cc(F)cc(CN2CCNC3(CCCCC3)C2)c1. The fourth-order valence-corrected chi connectivity index (χ4v) is 3.70. The van der Waals surface area contributed by atoms with E-state index >= 15 is 0 Å². The Labute approximate surface area is 119 Å². The molecule has 0 unspecified atom stereocenters. The molecule has 1 saturated heterocycles. The maximum atomic E-state index is 13.3. The molecular formula is C16H22F2N2. The Morgan fingerprint density at radius 2 is 1.75 bits per heavy atom. The molecule has 2 fully saturated rings. The number of halogens is 2. The molecular weight excluding hydrogens is 258 g/mol. The number of rotatable bonds is 2. The van der Waals surface area contributed by atoms with Crippen LogP contribution in [0, 0.1) is 11.6 Å². The Morgan fingerprint density at radius 1 is 1.05 bits per heavy atom. The fraction of sp³-hybridized carbons (Fsp3) is 0.625. The molecule has 1 heterocycles. The average molecular weight is 280 g/mol. The van der Waals surface area contributed by atoms with Crippen molar-refractivity contribution in [3.8, 4) is 0 Å². The van der Waals surface area contributed by atoms with Crippen molar-refractivity contribution in [2.24, 2.45) is 0 Å². The number of benzene rings is 1. The summed E-state index contributed by atoms with van der Waals surface area (Å²) in [6.07, 6.45) is 6.35. The van der Waals surface area contributed by atoms with Gasteiger partial charge in [0, 0.05) is 37.8 Å². The van der Waals surface area contributed by atoms with Crippen LogP contribution in [0.1, 0.15) is 37.7 Å². The minimum absolute atomic E-state index is 0.238. The van der Waals surface area contributed by atoms with Gasteiger partial charge in [-0.3, -0.25) is 4.90 Å². The molecule has 1 N–H and O–H groups in total. The molecule has 0 bridgehead atoms. The van der Waals surface area contributed by atoms with Crippen LogP contribution in [0.15, 0.2) is 18.2 Å². The van der Waals surface area contributed by atoms with E-state index in [1.807, 2.05) is 0 Å². The molecule has 1 aliphatic carbocycles. The highest BCUT2D eigenvalue weighted by Crippen LogP contribution is 2.31. The highest BCUT2D eigenvalue weighted by atomic mass is 19.1. The third-order valence-corrected chi connectivity index (χ3v) is 4.59. The van der Waals surface area contributed by atoms with E-state index in [2.05, 4.69) is 10.2 Å². The van der Waals surface area contributed by atoms with E-state index in [1.54, 1.807) is 0 Å². The van der Waals surface area contributed by atoms with Crippen molar-refractivity contribution in [3.63, 3.8) is 0 Å². The summed E-state index contributed by atoms with van der Waals surface area (Å²) in [5.74, 6) is -0.968. The van der Waals surface area contributed by atoms with Crippen LogP contribution < -0.4 is 5.32 Å². The first-order valence-electron chi connectivity index (χ1n) is 7.58. The zero-order chi connectivity index (χ0) is 14.0. The van der Waals surface area contributed by atoms with E-state index < -0.39 is 11.6 Å². The Bertz CT molecular complexity index is 444. The van der Waals surface area contributed by atoms with Crippen LogP contribution >= 0.6 is 0 Å². The molecule has 2 aliphatic rings. The van der Waals surface area contributed by atoms with Crippen molar-refractivity contribution < 1.29 is 8.78 Å². The first-order chi connectivity index (χ1) is 9.65. The van der Waals surface area contributed by atoms with Crippen molar-refractivity contribution in [3.05, 3.63) is 35.4 Å². The van der Waals surface area contributed by atoms with E-state index in [9.17, 15) is 8.78 Å². The molecule has 110 valence electrons. The van der Waals surface area contributed by atoms with Crippen LogP contribution in [0.25, 0.3) is 0 Å². The largest absolute Gasteiger partial charge is 0.309 e. The summed E-state index contributed by atoms with van der Waals surface area (Å²) >= 11 is 0. The lowest BCUT2D eigenvalue weighted by atomic mass is 9.80. The van der Waals surface area contributed by atoms with E-state index in [0.29, 0.717) is 6.54 Å². The first-order valence-corrected chi connectivity index (χ1v) is 7.58. The predicted octanol–water partition coefficient (Wildman–Crippen LogP) is 3.07. The van der Waals surface area contributed by atoms with Gasteiger partial charge in [-0.05, 0) is 30.5 Å². The second-order valence-electron chi connectivity index (χ2n) is 6.26. The monoisotopic (exact) mass is 280 g/mol. The second-order valence-corrected chi connectivity index (χ2v) is 6.26. The Kier molecular flexibility index (Phi) is 4.03. The van der Waals surface area contributed by atoms with Gasteiger partial charge in [0.05, 0.1) is 0 Å². The topological polar surface area (TPSA) is 15.3 Å². The molecule has 1 saturated carbocycles. The summed E-state index contributed by atoms with van der Waals surface area (Å²) in [6, 6.07) is 3.82. The molecule has 2 nitrogen and oxygen atoms in total. The van der Waals surface area contributed by atoms with Gasteiger partial charge in [0.25, 0.3) is 0 Å². The van der Waals surface area contributed by atoms with Crippen LogP contribution in [-0.2, 0) is 6.54 Å². The lowest BCUT2D eigenvalue weighted by molar-refractivity contribution is 0.0944. The summed E-state index contributed by atoms with van der Waals surface area (Å²) in [4.78, 5) is 2.33. The smallest absolute Gasteiger partial charge is 0.126 e. The number of nitrogens with one attached hydrogen (secondary N) is 1. The maximum Gasteiger partial charge on any atom is 0.126 e. The predicted molar refractivity (Wildman–Crippen MR) is 75.5 cm³/mol. The number of hydrogen-bond acceptors (Lipinski definition) is 2. The van der Waals surface area contributed by atoms with E-state index in [-0.39, 0.29) is 5.54 Å². The zero-order valence-electron chi connectivity index (χ0n) is 11.8. The quantitative estimate of drug-likeness (QED) is 0.895. The van der Waals surface area contributed by atoms with Gasteiger partial charge < -0.3 is 5.32 Å². The third kappa shape index (κ3) is 3.18. The number of nitrogens with zero attached hydrogens (tertiary/aromatic N) is 1. The van der Waals surface area contributed by atoms with Crippen molar-refractivity contribution in [1.29, 1.82) is 0 Å². The average Bonchev–Trinajstić information content (AvgIpc) is 2.38. The van der Waals surface area contributed by atoms with Crippen LogP contribution in [0.4, 0.5) is 8.78 Å². The Balaban J connectivity index is 1.67. The highest BCUT2D eigenvalue weighted by molar-refractivity contribution is 5.18.